The molecule has 4 aromatic rings. The second-order valence-corrected chi connectivity index (χ2v) is 14.3. The van der Waals surface area contributed by atoms with Gasteiger partial charge in [-0.05, 0) is 105 Å². The molecular weight excluding hydrogens is 690 g/mol. The van der Waals surface area contributed by atoms with Gasteiger partial charge in [0.25, 0.3) is 5.91 Å². The highest BCUT2D eigenvalue weighted by Crippen LogP contribution is 2.37. The Bertz CT molecular complexity index is 1990. The van der Waals surface area contributed by atoms with Crippen molar-refractivity contribution < 1.29 is 24.2 Å². The van der Waals surface area contributed by atoms with Gasteiger partial charge in [0.05, 0.1) is 10.6 Å². The summed E-state index contributed by atoms with van der Waals surface area (Å²) in [7, 11) is 0. The van der Waals surface area contributed by atoms with Crippen molar-refractivity contribution in [3.05, 3.63) is 111 Å². The van der Waals surface area contributed by atoms with Crippen LogP contribution in [0, 0.1) is 25.2 Å². The summed E-state index contributed by atoms with van der Waals surface area (Å²) in [6.45, 7) is 9.11. The van der Waals surface area contributed by atoms with Crippen LogP contribution in [0.4, 0.5) is 0 Å². The van der Waals surface area contributed by atoms with Crippen LogP contribution in [-0.4, -0.2) is 70.5 Å². The molecule has 11 heteroatoms. The lowest BCUT2D eigenvalue weighted by Gasteiger charge is -2.33. The normalized spacial score (nSPS) is 16.2. The van der Waals surface area contributed by atoms with Crippen LogP contribution in [0.25, 0.3) is 11.1 Å². The molecule has 2 fully saturated rings. The lowest BCUT2D eigenvalue weighted by molar-refractivity contribution is -0.144. The van der Waals surface area contributed by atoms with Gasteiger partial charge in [-0.2, -0.15) is 5.26 Å². The first kappa shape index (κ1) is 37.8. The zero-order valence-corrected chi connectivity index (χ0v) is 31.1. The number of aromatic nitrogens is 1. The molecule has 0 bridgehead atoms. The largest absolute Gasteiger partial charge is 0.488 e. The van der Waals surface area contributed by atoms with E-state index in [0.29, 0.717) is 53.7 Å². The number of pyridine rings is 1. The number of carboxylic acid groups (broad SMARTS) is 1. The van der Waals surface area contributed by atoms with E-state index in [1.165, 1.54) is 19.0 Å². The Morgan fingerprint density at radius 3 is 2.43 bits per heavy atom. The zero-order valence-electron chi connectivity index (χ0n) is 30.4. The van der Waals surface area contributed by atoms with Crippen molar-refractivity contribution in [1.82, 2.24) is 20.1 Å². The van der Waals surface area contributed by atoms with Crippen molar-refractivity contribution in [2.45, 2.75) is 71.8 Å². The topological polar surface area (TPSA) is 128 Å². The molecular formula is C42H46ClN5O5. The van der Waals surface area contributed by atoms with Gasteiger partial charge < -0.3 is 24.8 Å². The molecule has 0 spiro atoms. The number of aliphatic carboxylic acids is 1. The summed E-state index contributed by atoms with van der Waals surface area (Å²) in [4.78, 5) is 33.8. The zero-order chi connectivity index (χ0) is 37.3. The first-order valence-corrected chi connectivity index (χ1v) is 18.7. The van der Waals surface area contributed by atoms with E-state index >= 15 is 0 Å². The molecule has 2 aliphatic rings. The van der Waals surface area contributed by atoms with Crippen LogP contribution in [0.2, 0.25) is 5.02 Å². The van der Waals surface area contributed by atoms with E-state index in [-0.39, 0.29) is 19.1 Å². The van der Waals surface area contributed by atoms with Crippen molar-refractivity contribution in [1.29, 1.82) is 5.26 Å². The van der Waals surface area contributed by atoms with Crippen LogP contribution < -0.4 is 14.8 Å². The molecule has 0 radical (unpaired) electrons. The van der Waals surface area contributed by atoms with Crippen LogP contribution in [0.5, 0.6) is 11.5 Å². The lowest BCUT2D eigenvalue weighted by Crippen LogP contribution is -2.44. The Kier molecular flexibility index (Phi) is 12.6. The van der Waals surface area contributed by atoms with Crippen molar-refractivity contribution in [3.8, 4) is 28.7 Å². The molecule has 0 saturated carbocycles. The Hall–Kier alpha value is -4.95. The van der Waals surface area contributed by atoms with Crippen LogP contribution in [0.1, 0.15) is 75.8 Å². The molecule has 276 valence electrons. The Morgan fingerprint density at radius 2 is 1.66 bits per heavy atom. The number of amides is 1. The molecule has 0 aliphatic carbocycles. The summed E-state index contributed by atoms with van der Waals surface area (Å²) in [5, 5.41) is 22.7. The number of hydrogen-bond acceptors (Lipinski definition) is 8. The molecule has 2 saturated heterocycles. The number of benzene rings is 3. The minimum Gasteiger partial charge on any atom is -0.488 e. The first-order chi connectivity index (χ1) is 25.7. The highest BCUT2D eigenvalue weighted by atomic mass is 35.5. The Labute approximate surface area is 316 Å². The van der Waals surface area contributed by atoms with Gasteiger partial charge in [0.15, 0.2) is 0 Å². The van der Waals surface area contributed by atoms with Gasteiger partial charge in [-0.15, -0.1) is 0 Å². The number of nitrogens with zero attached hydrogens (tertiary/aromatic N) is 4. The van der Waals surface area contributed by atoms with Gasteiger partial charge >= 0.3 is 5.97 Å². The fourth-order valence-corrected chi connectivity index (χ4v) is 7.54. The third-order valence-corrected chi connectivity index (χ3v) is 10.6. The molecule has 3 aromatic carbocycles. The van der Waals surface area contributed by atoms with Crippen molar-refractivity contribution in [3.63, 3.8) is 0 Å². The van der Waals surface area contributed by atoms with Crippen molar-refractivity contribution in [2.24, 2.45) is 0 Å². The summed E-state index contributed by atoms with van der Waals surface area (Å²) >= 11 is 6.85. The number of ether oxygens (including phenoxy) is 2. The number of rotatable bonds is 14. The highest BCUT2D eigenvalue weighted by Gasteiger charge is 2.29. The van der Waals surface area contributed by atoms with Gasteiger partial charge in [-0.1, -0.05) is 48.4 Å². The fraction of sp³-hybridized carbons (Fsp3) is 0.381. The standard InChI is InChI=1S/C42H46ClN5O5/c1-28-32(9-7-10-34(28)35-11-8-12-36(29(35)2)41(49)46-14-18-47-15-5-6-16-47)27-53-40-21-39(52-26-31-19-30(22-44)23-45-24-31)33(20-37(40)43)25-48-17-4-3-13-38(48)42(50)51/h7-12,19-21,23-24,38H,3-6,13-18,25-27H2,1-2H3,(H,46,49)(H,50,51)/t38-/m0/s1. The van der Waals surface area contributed by atoms with E-state index in [9.17, 15) is 20.0 Å². The van der Waals surface area contributed by atoms with Gasteiger partial charge in [0, 0.05) is 54.8 Å². The maximum atomic E-state index is 13.2. The lowest BCUT2D eigenvalue weighted by atomic mass is 9.91. The van der Waals surface area contributed by atoms with E-state index in [1.54, 1.807) is 24.4 Å². The molecule has 1 amide bonds. The molecule has 2 N–H and O–H groups in total. The minimum absolute atomic E-state index is 0.0652. The molecule has 0 unspecified atom stereocenters. The van der Waals surface area contributed by atoms with Crippen LogP contribution in [0.15, 0.2) is 67.0 Å². The van der Waals surface area contributed by atoms with E-state index in [0.717, 1.165) is 71.4 Å². The third kappa shape index (κ3) is 9.35. The number of carboxylic acids is 1. The molecule has 6 rings (SSSR count). The molecule has 1 aromatic heterocycles. The summed E-state index contributed by atoms with van der Waals surface area (Å²) < 4.78 is 12.7. The highest BCUT2D eigenvalue weighted by molar-refractivity contribution is 6.32. The second-order valence-electron chi connectivity index (χ2n) is 13.9. The number of piperidine rings is 1. The predicted molar refractivity (Wildman–Crippen MR) is 204 cm³/mol. The fourth-order valence-electron chi connectivity index (χ4n) is 7.30. The second kappa shape index (κ2) is 17.7. The summed E-state index contributed by atoms with van der Waals surface area (Å²) in [5.74, 6) is 0.0346. The first-order valence-electron chi connectivity index (χ1n) is 18.3. The summed E-state index contributed by atoms with van der Waals surface area (Å²) in [5.41, 5.74) is 7.47. The van der Waals surface area contributed by atoms with Gasteiger partial charge in [-0.3, -0.25) is 19.5 Å². The quantitative estimate of drug-likeness (QED) is 0.137. The van der Waals surface area contributed by atoms with Crippen molar-refractivity contribution in [2.75, 3.05) is 32.7 Å². The van der Waals surface area contributed by atoms with Crippen molar-refractivity contribution >= 4 is 23.5 Å². The third-order valence-electron chi connectivity index (χ3n) is 10.3. The van der Waals surface area contributed by atoms with Gasteiger partial charge in [-0.25, -0.2) is 0 Å². The van der Waals surface area contributed by atoms with Crippen LogP contribution in [-0.2, 0) is 24.6 Å². The SMILES string of the molecule is Cc1c(COc2cc(OCc3cncc(C#N)c3)c(CN3CCCC[C@H]3C(=O)O)cc2Cl)cccc1-c1cccc(C(=O)NCCN2CCCC2)c1C. The molecule has 2 aliphatic heterocycles. The van der Waals surface area contributed by atoms with E-state index in [4.69, 9.17) is 21.1 Å². The number of likely N-dealkylation sites (tertiary alicyclic amines) is 2. The summed E-state index contributed by atoms with van der Waals surface area (Å²) in [6.07, 6.45) is 7.95. The average molecular weight is 736 g/mol. The number of carbonyl (C=O) groups excluding carboxylic acids is 1. The minimum atomic E-state index is -0.840. The average Bonchev–Trinajstić information content (AvgIpc) is 3.68. The molecule has 10 nitrogen and oxygen atoms in total. The van der Waals surface area contributed by atoms with Gasteiger partial charge in [0.2, 0.25) is 0 Å². The molecule has 53 heavy (non-hydrogen) atoms. The molecule has 3 heterocycles. The monoisotopic (exact) mass is 735 g/mol. The Balaban J connectivity index is 1.21. The Morgan fingerprint density at radius 1 is 0.925 bits per heavy atom. The smallest absolute Gasteiger partial charge is 0.320 e. The number of nitrogens with one attached hydrogen (secondary N) is 1. The number of nitriles is 1. The van der Waals surface area contributed by atoms with E-state index < -0.39 is 12.0 Å². The van der Waals surface area contributed by atoms with Crippen LogP contribution >= 0.6 is 11.6 Å². The molecule has 1 atom stereocenters. The maximum Gasteiger partial charge on any atom is 0.320 e. The van der Waals surface area contributed by atoms with E-state index in [1.807, 2.05) is 42.2 Å². The maximum absolute atomic E-state index is 13.2. The van der Waals surface area contributed by atoms with Gasteiger partial charge in [0.1, 0.15) is 36.8 Å². The number of halogens is 1. The van der Waals surface area contributed by atoms with Crippen LogP contribution in [0.3, 0.4) is 0 Å². The number of hydrogen-bond donors (Lipinski definition) is 2. The number of carbonyl (C=O) groups is 2. The predicted octanol–water partition coefficient (Wildman–Crippen LogP) is 7.31. The van der Waals surface area contributed by atoms with E-state index in [2.05, 4.69) is 34.3 Å². The summed E-state index contributed by atoms with van der Waals surface area (Å²) in [6, 6.07) is 18.7.